The zero-order chi connectivity index (χ0) is 28.0. The fraction of sp³-hybridized carbons (Fsp3) is 0.357. The number of rotatable bonds is 9. The number of carbonyl (C=O) groups excluding carboxylic acids is 1. The Balaban J connectivity index is 1.81. The maximum absolute atomic E-state index is 13.8. The summed E-state index contributed by atoms with van der Waals surface area (Å²) in [7, 11) is 0. The van der Waals surface area contributed by atoms with Crippen LogP contribution in [0.2, 0.25) is 0 Å². The van der Waals surface area contributed by atoms with Crippen LogP contribution in [0.25, 0.3) is 0 Å². The van der Waals surface area contributed by atoms with Gasteiger partial charge in [0.2, 0.25) is 0 Å². The number of benzene rings is 2. The number of hydrogen-bond acceptors (Lipinski definition) is 4. The first-order valence-corrected chi connectivity index (χ1v) is 13.6. The molecule has 2 aromatic carbocycles. The van der Waals surface area contributed by atoms with Crippen LogP contribution in [0.4, 0.5) is 22.4 Å². The summed E-state index contributed by atoms with van der Waals surface area (Å²) in [6.07, 6.45) is -3.46. The molecule has 208 valence electrons. The molecule has 1 aliphatic rings. The Morgan fingerprint density at radius 1 is 1.08 bits per heavy atom. The first-order chi connectivity index (χ1) is 18.6. The Kier molecular flexibility index (Phi) is 9.31. The zero-order valence-electron chi connectivity index (χ0n) is 20.9. The summed E-state index contributed by atoms with van der Waals surface area (Å²) in [5.74, 6) is -0.475. The van der Waals surface area contributed by atoms with E-state index in [0.29, 0.717) is 11.3 Å². The topological polar surface area (TPSA) is 89.3 Å². The van der Waals surface area contributed by atoms with Gasteiger partial charge in [0.25, 0.3) is 0 Å². The van der Waals surface area contributed by atoms with E-state index >= 15 is 0 Å². The van der Waals surface area contributed by atoms with Crippen molar-refractivity contribution in [2.24, 2.45) is 5.73 Å². The van der Waals surface area contributed by atoms with E-state index in [9.17, 15) is 22.4 Å². The van der Waals surface area contributed by atoms with Gasteiger partial charge in [-0.05, 0) is 70.8 Å². The summed E-state index contributed by atoms with van der Waals surface area (Å²) in [5, 5.41) is 6.02. The Morgan fingerprint density at radius 3 is 2.49 bits per heavy atom. The molecule has 2 amide bonds. The molecule has 0 bridgehead atoms. The highest BCUT2D eigenvalue weighted by atomic mass is 127. The Hall–Kier alpha value is -2.93. The van der Waals surface area contributed by atoms with Gasteiger partial charge in [-0.25, -0.2) is 4.79 Å². The van der Waals surface area contributed by atoms with Gasteiger partial charge in [-0.15, -0.1) is 0 Å². The molecule has 1 aromatic heterocycles. The van der Waals surface area contributed by atoms with E-state index in [2.05, 4.69) is 42.9 Å². The summed E-state index contributed by atoms with van der Waals surface area (Å²) in [6, 6.07) is 17.3. The maximum atomic E-state index is 13.8. The van der Waals surface area contributed by atoms with Gasteiger partial charge in [0, 0.05) is 28.3 Å². The highest BCUT2D eigenvalue weighted by Crippen LogP contribution is 2.36. The van der Waals surface area contributed by atoms with Crippen molar-refractivity contribution in [2.45, 2.75) is 62.3 Å². The Morgan fingerprint density at radius 2 is 1.82 bits per heavy atom. The summed E-state index contributed by atoms with van der Waals surface area (Å²) in [4.78, 5) is 18.1. The number of aromatic nitrogens is 1. The van der Waals surface area contributed by atoms with E-state index < -0.39 is 29.9 Å². The predicted molar refractivity (Wildman–Crippen MR) is 148 cm³/mol. The fourth-order valence-corrected chi connectivity index (χ4v) is 5.13. The van der Waals surface area contributed by atoms with E-state index in [-0.39, 0.29) is 18.5 Å². The second-order valence-corrected chi connectivity index (χ2v) is 10.8. The second-order valence-electron chi connectivity index (χ2n) is 9.58. The zero-order valence-corrected chi connectivity index (χ0v) is 23.1. The number of amides is 2. The molecule has 0 radical (unpaired) electrons. The molecule has 0 spiro atoms. The SMILES string of the molecule is N[C@@H]1CCCC[C@H]1NC(=O)N[C@@](Cc1ccccc1)(c1cccc(OC(F)(F)C(F)F)c1)c1ccc(I)cn1. The minimum atomic E-state index is -4.69. The number of carbonyl (C=O) groups is 1. The standard InChI is InChI=1S/C28H29F4IN4O2/c29-25(30)28(31,32)39-21-10-6-9-19(15-21)27(16-18-7-2-1-3-8-18,24-14-13-20(33)17-35-24)37-26(38)36-23-12-5-4-11-22(23)34/h1-3,6-10,13-15,17,22-23,25H,4-5,11-12,16,34H2,(H2,36,37,38)/t22-,23-,27+/m1/s1. The lowest BCUT2D eigenvalue weighted by Crippen LogP contribution is -2.57. The number of alkyl halides is 4. The lowest BCUT2D eigenvalue weighted by molar-refractivity contribution is -0.253. The third-order valence-corrected chi connectivity index (χ3v) is 7.41. The van der Waals surface area contributed by atoms with Gasteiger partial charge < -0.3 is 21.1 Å². The predicted octanol–water partition coefficient (Wildman–Crippen LogP) is 5.98. The first-order valence-electron chi connectivity index (χ1n) is 12.5. The maximum Gasteiger partial charge on any atom is 0.461 e. The molecule has 6 nitrogen and oxygen atoms in total. The number of pyridine rings is 1. The third-order valence-electron chi connectivity index (χ3n) is 6.77. The van der Waals surface area contributed by atoms with Crippen molar-refractivity contribution >= 4 is 28.6 Å². The number of halogens is 5. The van der Waals surface area contributed by atoms with Crippen LogP contribution in [0, 0.1) is 3.57 Å². The normalized spacial score (nSPS) is 19.3. The van der Waals surface area contributed by atoms with Gasteiger partial charge in [-0.1, -0.05) is 55.3 Å². The smallest absolute Gasteiger partial charge is 0.428 e. The fourth-order valence-electron chi connectivity index (χ4n) is 4.81. The van der Waals surface area contributed by atoms with Crippen molar-refractivity contribution in [3.63, 3.8) is 0 Å². The summed E-state index contributed by atoms with van der Waals surface area (Å²) < 4.78 is 58.6. The number of nitrogens with one attached hydrogen (secondary N) is 2. The molecule has 0 saturated heterocycles. The minimum Gasteiger partial charge on any atom is -0.428 e. The van der Waals surface area contributed by atoms with Crippen LogP contribution in [0.3, 0.4) is 0 Å². The van der Waals surface area contributed by atoms with Crippen molar-refractivity contribution in [3.8, 4) is 5.75 Å². The number of nitrogens with zero attached hydrogens (tertiary/aromatic N) is 1. The van der Waals surface area contributed by atoms with Crippen LogP contribution in [0.1, 0.15) is 42.5 Å². The summed E-state index contributed by atoms with van der Waals surface area (Å²) in [6.45, 7) is 0. The van der Waals surface area contributed by atoms with E-state index in [0.717, 1.165) is 40.9 Å². The highest BCUT2D eigenvalue weighted by Gasteiger charge is 2.45. The molecule has 0 unspecified atom stereocenters. The van der Waals surface area contributed by atoms with Crippen molar-refractivity contribution < 1.29 is 27.1 Å². The molecule has 4 N–H and O–H groups in total. The van der Waals surface area contributed by atoms with E-state index in [4.69, 9.17) is 5.73 Å². The van der Waals surface area contributed by atoms with Crippen molar-refractivity contribution in [3.05, 3.63) is 93.3 Å². The molecular weight excluding hydrogens is 627 g/mol. The quantitative estimate of drug-likeness (QED) is 0.196. The molecule has 1 aliphatic carbocycles. The highest BCUT2D eigenvalue weighted by molar-refractivity contribution is 14.1. The minimum absolute atomic E-state index is 0.181. The molecule has 3 aromatic rings. The number of urea groups is 1. The molecule has 11 heteroatoms. The van der Waals surface area contributed by atoms with Gasteiger partial charge in [0.05, 0.1) is 5.69 Å². The van der Waals surface area contributed by atoms with Gasteiger partial charge in [0.15, 0.2) is 0 Å². The lowest BCUT2D eigenvalue weighted by atomic mass is 9.80. The van der Waals surface area contributed by atoms with Crippen LogP contribution >= 0.6 is 22.6 Å². The molecule has 39 heavy (non-hydrogen) atoms. The number of hydrogen-bond donors (Lipinski definition) is 3. The molecule has 0 aliphatic heterocycles. The molecule has 4 rings (SSSR count). The van der Waals surface area contributed by atoms with Crippen molar-refractivity contribution in [1.82, 2.24) is 15.6 Å². The largest absolute Gasteiger partial charge is 0.461 e. The molecule has 3 atom stereocenters. The van der Waals surface area contributed by atoms with Crippen LogP contribution in [-0.4, -0.2) is 35.6 Å². The van der Waals surface area contributed by atoms with Crippen LogP contribution in [0.5, 0.6) is 5.75 Å². The first kappa shape index (κ1) is 29.1. The van der Waals surface area contributed by atoms with Crippen molar-refractivity contribution in [1.29, 1.82) is 0 Å². The van der Waals surface area contributed by atoms with E-state index in [1.54, 1.807) is 18.3 Å². The number of nitrogens with two attached hydrogens (primary N) is 1. The second kappa shape index (κ2) is 12.5. The molecular formula is C28H29F4IN4O2. The monoisotopic (exact) mass is 656 g/mol. The molecule has 1 saturated carbocycles. The average molecular weight is 656 g/mol. The third kappa shape index (κ3) is 7.18. The Labute approximate surface area is 237 Å². The Bertz CT molecular complexity index is 1250. The number of ether oxygens (including phenoxy) is 1. The molecule has 1 heterocycles. The average Bonchev–Trinajstić information content (AvgIpc) is 2.90. The van der Waals surface area contributed by atoms with Gasteiger partial charge in [-0.2, -0.15) is 17.6 Å². The van der Waals surface area contributed by atoms with Gasteiger partial charge in [0.1, 0.15) is 11.3 Å². The van der Waals surface area contributed by atoms with Gasteiger partial charge >= 0.3 is 18.6 Å². The van der Waals surface area contributed by atoms with Crippen LogP contribution in [-0.2, 0) is 12.0 Å². The summed E-state index contributed by atoms with van der Waals surface area (Å²) >= 11 is 2.10. The summed E-state index contributed by atoms with van der Waals surface area (Å²) in [5.41, 5.74) is 6.44. The van der Waals surface area contributed by atoms with E-state index in [1.807, 2.05) is 36.4 Å². The van der Waals surface area contributed by atoms with Crippen molar-refractivity contribution in [2.75, 3.05) is 0 Å². The van der Waals surface area contributed by atoms with Crippen LogP contribution in [0.15, 0.2) is 72.9 Å². The van der Waals surface area contributed by atoms with Gasteiger partial charge in [-0.3, -0.25) is 4.98 Å². The van der Waals surface area contributed by atoms with E-state index in [1.165, 1.54) is 12.1 Å². The lowest BCUT2D eigenvalue weighted by Gasteiger charge is -2.37. The van der Waals surface area contributed by atoms with Crippen LogP contribution < -0.4 is 21.1 Å². The molecule has 1 fully saturated rings.